The maximum absolute atomic E-state index is 12.3. The molecule has 0 heterocycles. The fraction of sp³-hybridized carbons (Fsp3) is 0.500. The van der Waals surface area contributed by atoms with E-state index >= 15 is 0 Å². The van der Waals surface area contributed by atoms with E-state index in [1.165, 1.54) is 0 Å². The van der Waals surface area contributed by atoms with Gasteiger partial charge in [0.15, 0.2) is 0 Å². The minimum absolute atomic E-state index is 0.128. The summed E-state index contributed by atoms with van der Waals surface area (Å²) in [5.41, 5.74) is 6.62. The van der Waals surface area contributed by atoms with Gasteiger partial charge in [0.25, 0.3) is 0 Å². The van der Waals surface area contributed by atoms with Gasteiger partial charge in [-0.2, -0.15) is 0 Å². The number of nitrogens with two attached hydrogens (primary N) is 1. The van der Waals surface area contributed by atoms with Crippen molar-refractivity contribution in [2.24, 2.45) is 0 Å². The van der Waals surface area contributed by atoms with Crippen LogP contribution >= 0.6 is 23.2 Å². The molecule has 1 aromatic carbocycles. The molecular weight excluding hydrogens is 297 g/mol. The van der Waals surface area contributed by atoms with Crippen LogP contribution in [0.1, 0.15) is 27.2 Å². The Morgan fingerprint density at radius 2 is 2.05 bits per heavy atom. The van der Waals surface area contributed by atoms with E-state index in [2.05, 4.69) is 17.1 Å². The molecule has 112 valence electrons. The zero-order chi connectivity index (χ0) is 15.3. The van der Waals surface area contributed by atoms with E-state index in [1.807, 2.05) is 13.8 Å². The summed E-state index contributed by atoms with van der Waals surface area (Å²) in [5.74, 6) is -0.128. The van der Waals surface area contributed by atoms with Crippen LogP contribution in [-0.2, 0) is 4.79 Å². The van der Waals surface area contributed by atoms with Crippen LogP contribution in [0, 0.1) is 0 Å². The summed E-state index contributed by atoms with van der Waals surface area (Å²) in [6.07, 6.45) is 0.995. The second-order valence-electron chi connectivity index (χ2n) is 4.65. The molecule has 4 nitrogen and oxygen atoms in total. The topological polar surface area (TPSA) is 58.4 Å². The van der Waals surface area contributed by atoms with Crippen LogP contribution in [0.15, 0.2) is 12.1 Å². The van der Waals surface area contributed by atoms with Crippen molar-refractivity contribution in [3.8, 4) is 0 Å². The van der Waals surface area contributed by atoms with Gasteiger partial charge in [0, 0.05) is 5.02 Å². The standard InChI is InChI=1S/C14H21Cl2N3O/c1-4-6-19(5-2)9(3)14(20)18-13-11(16)7-10(15)8-12(13)17/h7-9H,4-6,17H2,1-3H3,(H,18,20). The second-order valence-corrected chi connectivity index (χ2v) is 5.49. The Bertz CT molecular complexity index is 456. The third kappa shape index (κ3) is 4.27. The molecule has 0 bridgehead atoms. The fourth-order valence-electron chi connectivity index (χ4n) is 2.03. The molecule has 0 saturated carbocycles. The molecule has 0 fully saturated rings. The summed E-state index contributed by atoms with van der Waals surface area (Å²) in [7, 11) is 0. The van der Waals surface area contributed by atoms with Gasteiger partial charge in [-0.3, -0.25) is 9.69 Å². The molecule has 0 aliphatic carbocycles. The number of nitrogens with zero attached hydrogens (tertiary/aromatic N) is 1. The first-order valence-electron chi connectivity index (χ1n) is 6.70. The molecule has 1 aromatic rings. The Kier molecular flexibility index (Phi) is 6.59. The lowest BCUT2D eigenvalue weighted by molar-refractivity contribution is -0.120. The molecule has 1 amide bonds. The maximum Gasteiger partial charge on any atom is 0.241 e. The monoisotopic (exact) mass is 317 g/mol. The predicted molar refractivity (Wildman–Crippen MR) is 86.5 cm³/mol. The highest BCUT2D eigenvalue weighted by molar-refractivity contribution is 6.37. The number of rotatable bonds is 6. The lowest BCUT2D eigenvalue weighted by Crippen LogP contribution is -2.42. The summed E-state index contributed by atoms with van der Waals surface area (Å²) in [6.45, 7) is 7.67. The average Bonchev–Trinajstić information content (AvgIpc) is 2.39. The van der Waals surface area contributed by atoms with E-state index in [-0.39, 0.29) is 11.9 Å². The Balaban J connectivity index is 2.85. The normalized spacial score (nSPS) is 12.5. The van der Waals surface area contributed by atoms with Gasteiger partial charge in [0.05, 0.1) is 22.4 Å². The number of carbonyl (C=O) groups is 1. The lowest BCUT2D eigenvalue weighted by Gasteiger charge is -2.26. The molecule has 0 spiro atoms. The van der Waals surface area contributed by atoms with Crippen molar-refractivity contribution in [1.82, 2.24) is 4.90 Å². The van der Waals surface area contributed by atoms with Crippen LogP contribution in [0.25, 0.3) is 0 Å². The Labute approximate surface area is 130 Å². The van der Waals surface area contributed by atoms with Crippen molar-refractivity contribution in [2.45, 2.75) is 33.2 Å². The second kappa shape index (κ2) is 7.72. The fourth-order valence-corrected chi connectivity index (χ4v) is 2.59. The number of halogens is 2. The Morgan fingerprint density at radius 3 is 2.55 bits per heavy atom. The third-order valence-electron chi connectivity index (χ3n) is 3.18. The number of carbonyl (C=O) groups excluding carboxylic acids is 1. The van der Waals surface area contributed by atoms with Crippen LogP contribution in [0.4, 0.5) is 11.4 Å². The van der Waals surface area contributed by atoms with E-state index in [0.717, 1.165) is 19.5 Å². The molecule has 6 heteroatoms. The molecule has 0 radical (unpaired) electrons. The quantitative estimate of drug-likeness (QED) is 0.787. The van der Waals surface area contributed by atoms with Crippen LogP contribution < -0.4 is 11.1 Å². The van der Waals surface area contributed by atoms with Gasteiger partial charge in [0.1, 0.15) is 0 Å². The minimum Gasteiger partial charge on any atom is -0.397 e. The summed E-state index contributed by atoms with van der Waals surface area (Å²) in [6, 6.07) is 2.88. The molecule has 1 rings (SSSR count). The van der Waals surface area contributed by atoms with Crippen molar-refractivity contribution in [1.29, 1.82) is 0 Å². The molecule has 20 heavy (non-hydrogen) atoms. The molecule has 1 unspecified atom stereocenters. The molecule has 0 aliphatic rings. The van der Waals surface area contributed by atoms with E-state index in [1.54, 1.807) is 12.1 Å². The van der Waals surface area contributed by atoms with Crippen LogP contribution in [0.5, 0.6) is 0 Å². The smallest absolute Gasteiger partial charge is 0.241 e. The van der Waals surface area contributed by atoms with Gasteiger partial charge in [0.2, 0.25) is 5.91 Å². The zero-order valence-corrected chi connectivity index (χ0v) is 13.6. The zero-order valence-electron chi connectivity index (χ0n) is 12.0. The number of hydrogen-bond acceptors (Lipinski definition) is 3. The highest BCUT2D eigenvalue weighted by Crippen LogP contribution is 2.32. The number of amides is 1. The summed E-state index contributed by atoms with van der Waals surface area (Å²) >= 11 is 11.9. The predicted octanol–water partition coefficient (Wildman–Crippen LogP) is 3.63. The number of hydrogen-bond donors (Lipinski definition) is 2. The Morgan fingerprint density at radius 1 is 1.40 bits per heavy atom. The number of benzene rings is 1. The third-order valence-corrected chi connectivity index (χ3v) is 3.69. The van der Waals surface area contributed by atoms with Crippen molar-refractivity contribution < 1.29 is 4.79 Å². The van der Waals surface area contributed by atoms with Crippen molar-refractivity contribution in [2.75, 3.05) is 24.1 Å². The molecule has 0 aromatic heterocycles. The van der Waals surface area contributed by atoms with Gasteiger partial charge in [-0.25, -0.2) is 0 Å². The molecule has 1 atom stereocenters. The van der Waals surface area contributed by atoms with Crippen molar-refractivity contribution >= 4 is 40.5 Å². The maximum atomic E-state index is 12.3. The van der Waals surface area contributed by atoms with E-state index < -0.39 is 0 Å². The van der Waals surface area contributed by atoms with Crippen LogP contribution in [0.3, 0.4) is 0 Å². The molecule has 0 saturated heterocycles. The highest BCUT2D eigenvalue weighted by Gasteiger charge is 2.21. The first-order chi connectivity index (χ1) is 9.40. The van der Waals surface area contributed by atoms with Crippen molar-refractivity contribution in [3.63, 3.8) is 0 Å². The largest absolute Gasteiger partial charge is 0.397 e. The molecular formula is C14H21Cl2N3O. The highest BCUT2D eigenvalue weighted by atomic mass is 35.5. The van der Waals surface area contributed by atoms with Gasteiger partial charge in [-0.15, -0.1) is 0 Å². The number of nitrogens with one attached hydrogen (secondary N) is 1. The van der Waals surface area contributed by atoms with Crippen LogP contribution in [-0.4, -0.2) is 29.9 Å². The molecule has 3 N–H and O–H groups in total. The van der Waals surface area contributed by atoms with Gasteiger partial charge < -0.3 is 11.1 Å². The first-order valence-corrected chi connectivity index (χ1v) is 7.45. The van der Waals surface area contributed by atoms with E-state index in [0.29, 0.717) is 21.4 Å². The lowest BCUT2D eigenvalue weighted by atomic mass is 10.2. The molecule has 0 aliphatic heterocycles. The minimum atomic E-state index is -0.244. The summed E-state index contributed by atoms with van der Waals surface area (Å²) < 4.78 is 0. The Hall–Kier alpha value is -0.970. The number of anilines is 2. The van der Waals surface area contributed by atoms with Gasteiger partial charge in [-0.1, -0.05) is 37.0 Å². The van der Waals surface area contributed by atoms with E-state index in [9.17, 15) is 4.79 Å². The van der Waals surface area contributed by atoms with Crippen molar-refractivity contribution in [3.05, 3.63) is 22.2 Å². The van der Waals surface area contributed by atoms with Gasteiger partial charge >= 0.3 is 0 Å². The van der Waals surface area contributed by atoms with Gasteiger partial charge in [-0.05, 0) is 38.6 Å². The van der Waals surface area contributed by atoms with E-state index in [4.69, 9.17) is 28.9 Å². The summed E-state index contributed by atoms with van der Waals surface area (Å²) in [4.78, 5) is 14.4. The SMILES string of the molecule is CCCN(CC)C(C)C(=O)Nc1c(N)cc(Cl)cc1Cl. The first kappa shape index (κ1) is 17.1. The number of likely N-dealkylation sites (N-methyl/N-ethyl adjacent to an activating group) is 1. The van der Waals surface area contributed by atoms with Crippen LogP contribution in [0.2, 0.25) is 10.0 Å². The number of nitrogen functional groups attached to an aromatic ring is 1. The summed E-state index contributed by atoms with van der Waals surface area (Å²) in [5, 5.41) is 3.57. The average molecular weight is 318 g/mol.